The average molecular weight is 262 g/mol. The van der Waals surface area contributed by atoms with Gasteiger partial charge in [-0.25, -0.2) is 4.98 Å². The number of nitrogens with zero attached hydrogens (tertiary/aromatic N) is 1. The molecule has 1 aliphatic heterocycles. The molecule has 0 bridgehead atoms. The molecule has 0 spiro atoms. The van der Waals surface area contributed by atoms with Crippen molar-refractivity contribution < 1.29 is 19.0 Å². The molecule has 5 nitrogen and oxygen atoms in total. The maximum absolute atomic E-state index is 12.9. The van der Waals surface area contributed by atoms with Crippen molar-refractivity contribution >= 4 is 5.82 Å². The van der Waals surface area contributed by atoms with Crippen LogP contribution in [-0.4, -0.2) is 16.9 Å². The first-order chi connectivity index (χ1) is 9.22. The number of aromatic hydroxyl groups is 1. The van der Waals surface area contributed by atoms with Gasteiger partial charge in [-0.3, -0.25) is 0 Å². The summed E-state index contributed by atoms with van der Waals surface area (Å²) in [4.78, 5) is 3.68. The SMILES string of the molecule is Oc1cc2c(cc1CNc1cccc(F)n1)OCO2. The molecule has 0 saturated heterocycles. The van der Waals surface area contributed by atoms with Gasteiger partial charge in [-0.05, 0) is 18.2 Å². The number of fused-ring (bicyclic) bond motifs is 1. The lowest BCUT2D eigenvalue weighted by molar-refractivity contribution is 0.174. The lowest BCUT2D eigenvalue weighted by Gasteiger charge is -2.08. The van der Waals surface area contributed by atoms with Crippen molar-refractivity contribution in [2.24, 2.45) is 0 Å². The first kappa shape index (κ1) is 11.6. The number of aromatic nitrogens is 1. The van der Waals surface area contributed by atoms with Crippen LogP contribution < -0.4 is 14.8 Å². The molecular weight excluding hydrogens is 251 g/mol. The molecule has 1 aliphatic rings. The standard InChI is InChI=1S/C13H11FN2O3/c14-12-2-1-3-13(16-12)15-6-8-4-10-11(5-9(8)17)19-7-18-10/h1-5,17H,6-7H2,(H,15,16). The number of hydrogen-bond acceptors (Lipinski definition) is 5. The number of phenols is 1. The van der Waals surface area contributed by atoms with Crippen molar-refractivity contribution in [3.8, 4) is 17.2 Å². The van der Waals surface area contributed by atoms with E-state index in [0.717, 1.165) is 0 Å². The third-order valence-electron chi connectivity index (χ3n) is 2.75. The second kappa shape index (κ2) is 4.64. The molecule has 0 radical (unpaired) electrons. The molecule has 0 aliphatic carbocycles. The Labute approximate surface area is 108 Å². The number of rotatable bonds is 3. The van der Waals surface area contributed by atoms with E-state index in [2.05, 4.69) is 10.3 Å². The van der Waals surface area contributed by atoms with Crippen LogP contribution in [-0.2, 0) is 6.54 Å². The predicted octanol–water partition coefficient (Wildman–Crippen LogP) is 2.27. The van der Waals surface area contributed by atoms with Crippen LogP contribution in [0.1, 0.15) is 5.56 Å². The Morgan fingerprint density at radius 3 is 2.84 bits per heavy atom. The van der Waals surface area contributed by atoms with Gasteiger partial charge in [0.2, 0.25) is 12.7 Å². The molecule has 0 unspecified atom stereocenters. The summed E-state index contributed by atoms with van der Waals surface area (Å²) in [6.07, 6.45) is 0. The third kappa shape index (κ3) is 2.37. The first-order valence-electron chi connectivity index (χ1n) is 5.70. The van der Waals surface area contributed by atoms with Crippen LogP contribution in [0.15, 0.2) is 30.3 Å². The Bertz CT molecular complexity index is 619. The third-order valence-corrected chi connectivity index (χ3v) is 2.75. The van der Waals surface area contributed by atoms with E-state index in [-0.39, 0.29) is 12.5 Å². The molecule has 6 heteroatoms. The summed E-state index contributed by atoms with van der Waals surface area (Å²) in [7, 11) is 0. The molecule has 98 valence electrons. The minimum absolute atomic E-state index is 0.0909. The molecule has 19 heavy (non-hydrogen) atoms. The number of hydrogen-bond donors (Lipinski definition) is 2. The molecule has 2 aromatic rings. The predicted molar refractivity (Wildman–Crippen MR) is 65.8 cm³/mol. The van der Waals surface area contributed by atoms with Crippen molar-refractivity contribution in [3.63, 3.8) is 0 Å². The van der Waals surface area contributed by atoms with E-state index in [4.69, 9.17) is 9.47 Å². The Kier molecular flexibility index (Phi) is 2.83. The molecule has 0 atom stereocenters. The highest BCUT2D eigenvalue weighted by atomic mass is 19.1. The number of phenolic OH excluding ortho intramolecular Hbond substituents is 1. The molecule has 0 saturated carbocycles. The van der Waals surface area contributed by atoms with E-state index in [1.165, 1.54) is 12.1 Å². The summed E-state index contributed by atoms with van der Waals surface area (Å²) in [5.41, 5.74) is 0.621. The van der Waals surface area contributed by atoms with Gasteiger partial charge >= 0.3 is 0 Å². The molecule has 0 amide bonds. The monoisotopic (exact) mass is 262 g/mol. The number of ether oxygens (including phenoxy) is 2. The summed E-state index contributed by atoms with van der Waals surface area (Å²) >= 11 is 0. The van der Waals surface area contributed by atoms with Crippen LogP contribution >= 0.6 is 0 Å². The van der Waals surface area contributed by atoms with Crippen LogP contribution in [0.3, 0.4) is 0 Å². The molecule has 0 fully saturated rings. The van der Waals surface area contributed by atoms with Gasteiger partial charge in [-0.2, -0.15) is 4.39 Å². The lowest BCUT2D eigenvalue weighted by Crippen LogP contribution is -2.02. The van der Waals surface area contributed by atoms with Gasteiger partial charge in [-0.15, -0.1) is 0 Å². The van der Waals surface area contributed by atoms with E-state index < -0.39 is 5.95 Å². The number of anilines is 1. The fraction of sp³-hybridized carbons (Fsp3) is 0.154. The zero-order valence-electron chi connectivity index (χ0n) is 9.89. The highest BCUT2D eigenvalue weighted by Gasteiger charge is 2.16. The summed E-state index contributed by atoms with van der Waals surface area (Å²) in [6.45, 7) is 0.454. The fourth-order valence-electron chi connectivity index (χ4n) is 1.81. The molecule has 1 aromatic carbocycles. The fourth-order valence-corrected chi connectivity index (χ4v) is 1.81. The minimum atomic E-state index is -0.556. The quantitative estimate of drug-likeness (QED) is 0.831. The minimum Gasteiger partial charge on any atom is -0.507 e. The van der Waals surface area contributed by atoms with E-state index in [1.807, 2.05) is 0 Å². The Balaban J connectivity index is 1.77. The van der Waals surface area contributed by atoms with E-state index in [1.54, 1.807) is 18.2 Å². The Morgan fingerprint density at radius 2 is 2.05 bits per heavy atom. The van der Waals surface area contributed by atoms with Gasteiger partial charge in [0.15, 0.2) is 11.5 Å². The summed E-state index contributed by atoms with van der Waals surface area (Å²) in [5.74, 6) is 1.04. The number of benzene rings is 1. The maximum Gasteiger partial charge on any atom is 0.231 e. The smallest absolute Gasteiger partial charge is 0.231 e. The van der Waals surface area contributed by atoms with Crippen molar-refractivity contribution in [2.75, 3.05) is 12.1 Å². The van der Waals surface area contributed by atoms with Crippen LogP contribution in [0.25, 0.3) is 0 Å². The highest BCUT2D eigenvalue weighted by Crippen LogP contribution is 2.37. The molecule has 3 rings (SSSR count). The van der Waals surface area contributed by atoms with E-state index in [0.29, 0.717) is 29.4 Å². The zero-order valence-corrected chi connectivity index (χ0v) is 9.89. The highest BCUT2D eigenvalue weighted by molar-refractivity contribution is 5.52. The maximum atomic E-state index is 12.9. The Hall–Kier alpha value is -2.50. The molecule has 1 aromatic heterocycles. The topological polar surface area (TPSA) is 63.6 Å². The van der Waals surface area contributed by atoms with Gasteiger partial charge < -0.3 is 19.9 Å². The summed E-state index contributed by atoms with van der Waals surface area (Å²) in [5, 5.41) is 12.8. The average Bonchev–Trinajstić information content (AvgIpc) is 2.83. The second-order valence-corrected chi connectivity index (χ2v) is 4.03. The van der Waals surface area contributed by atoms with Crippen LogP contribution in [0.4, 0.5) is 10.2 Å². The Morgan fingerprint density at radius 1 is 1.26 bits per heavy atom. The zero-order chi connectivity index (χ0) is 13.2. The van der Waals surface area contributed by atoms with Crippen LogP contribution in [0, 0.1) is 5.95 Å². The normalized spacial score (nSPS) is 12.5. The van der Waals surface area contributed by atoms with E-state index >= 15 is 0 Å². The summed E-state index contributed by atoms with van der Waals surface area (Å²) < 4.78 is 23.3. The van der Waals surface area contributed by atoms with Gasteiger partial charge in [-0.1, -0.05) is 6.07 Å². The van der Waals surface area contributed by atoms with Gasteiger partial charge in [0.05, 0.1) is 0 Å². The van der Waals surface area contributed by atoms with Gasteiger partial charge in [0.1, 0.15) is 11.6 Å². The number of pyridine rings is 1. The van der Waals surface area contributed by atoms with Gasteiger partial charge in [0.25, 0.3) is 0 Å². The largest absolute Gasteiger partial charge is 0.507 e. The molecule has 2 N–H and O–H groups in total. The number of halogens is 1. The van der Waals surface area contributed by atoms with Crippen molar-refractivity contribution in [1.82, 2.24) is 4.98 Å². The van der Waals surface area contributed by atoms with Gasteiger partial charge in [0, 0.05) is 18.2 Å². The second-order valence-electron chi connectivity index (χ2n) is 4.03. The first-order valence-corrected chi connectivity index (χ1v) is 5.70. The van der Waals surface area contributed by atoms with E-state index in [9.17, 15) is 9.50 Å². The summed E-state index contributed by atoms with van der Waals surface area (Å²) in [6, 6.07) is 7.66. The van der Waals surface area contributed by atoms with Crippen molar-refractivity contribution in [2.45, 2.75) is 6.54 Å². The lowest BCUT2D eigenvalue weighted by atomic mass is 10.1. The molecule has 2 heterocycles. The number of nitrogens with one attached hydrogen (secondary N) is 1. The van der Waals surface area contributed by atoms with Crippen LogP contribution in [0.2, 0.25) is 0 Å². The molecular formula is C13H11FN2O3. The van der Waals surface area contributed by atoms with Crippen molar-refractivity contribution in [1.29, 1.82) is 0 Å². The van der Waals surface area contributed by atoms with Crippen molar-refractivity contribution in [3.05, 3.63) is 41.8 Å². The van der Waals surface area contributed by atoms with Crippen LogP contribution in [0.5, 0.6) is 17.2 Å².